The van der Waals surface area contributed by atoms with Crippen molar-refractivity contribution in [1.82, 2.24) is 4.72 Å². The SMILES string of the molecule is CSC1CCC(NS(=O)(=O)c2cc(F)ccc2N)C1. The molecule has 1 aromatic carbocycles. The van der Waals surface area contributed by atoms with Crippen LogP contribution in [-0.4, -0.2) is 26.0 Å². The van der Waals surface area contributed by atoms with E-state index in [1.54, 1.807) is 11.8 Å². The predicted octanol–water partition coefficient (Wildman–Crippen LogP) is 1.97. The summed E-state index contributed by atoms with van der Waals surface area (Å²) in [5.74, 6) is -0.608. The first-order valence-corrected chi connectivity index (χ1v) is 8.79. The largest absolute Gasteiger partial charge is 0.398 e. The molecule has 1 aromatic rings. The number of hydrogen-bond acceptors (Lipinski definition) is 4. The Hall–Kier alpha value is -0.790. The summed E-state index contributed by atoms with van der Waals surface area (Å²) in [6, 6.07) is 3.28. The van der Waals surface area contributed by atoms with E-state index in [1.807, 2.05) is 6.26 Å². The van der Waals surface area contributed by atoms with Gasteiger partial charge in [-0.1, -0.05) is 0 Å². The number of anilines is 1. The zero-order valence-electron chi connectivity index (χ0n) is 10.6. The van der Waals surface area contributed by atoms with Crippen molar-refractivity contribution in [3.05, 3.63) is 24.0 Å². The molecule has 1 saturated carbocycles. The number of thioether (sulfide) groups is 1. The first-order chi connectivity index (χ1) is 8.92. The van der Waals surface area contributed by atoms with Crippen LogP contribution in [0, 0.1) is 5.82 Å². The third-order valence-electron chi connectivity index (χ3n) is 3.30. The normalized spacial score (nSPS) is 23.7. The molecule has 1 fully saturated rings. The van der Waals surface area contributed by atoms with Crippen LogP contribution in [0.3, 0.4) is 0 Å². The highest BCUT2D eigenvalue weighted by molar-refractivity contribution is 7.99. The fourth-order valence-corrected chi connectivity index (χ4v) is 4.51. The van der Waals surface area contributed by atoms with E-state index in [0.717, 1.165) is 31.4 Å². The molecule has 0 saturated heterocycles. The Labute approximate surface area is 117 Å². The summed E-state index contributed by atoms with van der Waals surface area (Å²) < 4.78 is 40.2. The fourth-order valence-electron chi connectivity index (χ4n) is 2.29. The molecule has 2 unspecified atom stereocenters. The van der Waals surface area contributed by atoms with Crippen LogP contribution in [0.5, 0.6) is 0 Å². The van der Waals surface area contributed by atoms with E-state index in [1.165, 1.54) is 6.07 Å². The van der Waals surface area contributed by atoms with Crippen LogP contribution >= 0.6 is 11.8 Å². The Balaban J connectivity index is 2.17. The monoisotopic (exact) mass is 304 g/mol. The minimum absolute atomic E-state index is 0.0633. The highest BCUT2D eigenvalue weighted by atomic mass is 32.2. The van der Waals surface area contributed by atoms with Crippen molar-refractivity contribution >= 4 is 27.5 Å². The maximum absolute atomic E-state index is 13.2. The van der Waals surface area contributed by atoms with E-state index in [4.69, 9.17) is 5.73 Å². The molecule has 4 nitrogen and oxygen atoms in total. The number of nitrogens with two attached hydrogens (primary N) is 1. The van der Waals surface area contributed by atoms with Crippen LogP contribution in [-0.2, 0) is 10.0 Å². The van der Waals surface area contributed by atoms with Gasteiger partial charge in [0.2, 0.25) is 10.0 Å². The molecule has 3 N–H and O–H groups in total. The molecular formula is C12H17FN2O2S2. The van der Waals surface area contributed by atoms with Gasteiger partial charge in [-0.25, -0.2) is 17.5 Å². The third-order valence-corrected chi connectivity index (χ3v) is 5.98. The Morgan fingerprint density at radius 1 is 1.42 bits per heavy atom. The fraction of sp³-hybridized carbons (Fsp3) is 0.500. The van der Waals surface area contributed by atoms with Gasteiger partial charge in [0.15, 0.2) is 0 Å². The summed E-state index contributed by atoms with van der Waals surface area (Å²) in [6.45, 7) is 0. The van der Waals surface area contributed by atoms with E-state index in [0.29, 0.717) is 5.25 Å². The van der Waals surface area contributed by atoms with Gasteiger partial charge in [-0.3, -0.25) is 0 Å². The Kier molecular flexibility index (Phi) is 4.37. The maximum Gasteiger partial charge on any atom is 0.242 e. The van der Waals surface area contributed by atoms with Gasteiger partial charge in [0.05, 0.1) is 5.69 Å². The smallest absolute Gasteiger partial charge is 0.242 e. The standard InChI is InChI=1S/C12H17FN2O2S2/c1-18-10-4-3-9(7-10)15-19(16,17)12-6-8(13)2-5-11(12)14/h2,5-6,9-10,15H,3-4,7,14H2,1H3. The highest BCUT2D eigenvalue weighted by Gasteiger charge is 2.29. The first kappa shape index (κ1) is 14.6. The van der Waals surface area contributed by atoms with Crippen molar-refractivity contribution < 1.29 is 12.8 Å². The molecular weight excluding hydrogens is 287 g/mol. The molecule has 19 heavy (non-hydrogen) atoms. The van der Waals surface area contributed by atoms with Crippen LogP contribution in [0.4, 0.5) is 10.1 Å². The van der Waals surface area contributed by atoms with Crippen LogP contribution in [0.25, 0.3) is 0 Å². The number of nitrogens with one attached hydrogen (secondary N) is 1. The second-order valence-corrected chi connectivity index (χ2v) is 7.49. The van der Waals surface area contributed by atoms with Crippen molar-refractivity contribution in [2.75, 3.05) is 12.0 Å². The maximum atomic E-state index is 13.2. The Morgan fingerprint density at radius 2 is 2.16 bits per heavy atom. The third kappa shape index (κ3) is 3.40. The summed E-state index contributed by atoms with van der Waals surface area (Å²) in [7, 11) is -3.75. The summed E-state index contributed by atoms with van der Waals surface area (Å²) in [6.07, 6.45) is 4.62. The number of halogens is 1. The number of hydrogen-bond donors (Lipinski definition) is 2. The molecule has 106 valence electrons. The van der Waals surface area contributed by atoms with Gasteiger partial charge in [-0.05, 0) is 43.7 Å². The summed E-state index contributed by atoms with van der Waals surface area (Å²) in [5.41, 5.74) is 5.68. The summed E-state index contributed by atoms with van der Waals surface area (Å²) in [5, 5.41) is 0.484. The molecule has 0 heterocycles. The zero-order chi connectivity index (χ0) is 14.0. The Morgan fingerprint density at radius 3 is 2.79 bits per heavy atom. The van der Waals surface area contributed by atoms with Crippen LogP contribution in [0.2, 0.25) is 0 Å². The Bertz CT molecular complexity index is 563. The van der Waals surface area contributed by atoms with Crippen LogP contribution < -0.4 is 10.5 Å². The molecule has 1 aliphatic rings. The second kappa shape index (κ2) is 5.68. The molecule has 2 atom stereocenters. The van der Waals surface area contributed by atoms with Crippen molar-refractivity contribution in [3.8, 4) is 0 Å². The predicted molar refractivity (Wildman–Crippen MR) is 76.1 cm³/mol. The number of sulfonamides is 1. The lowest BCUT2D eigenvalue weighted by atomic mass is 10.3. The van der Waals surface area contributed by atoms with Gasteiger partial charge in [0, 0.05) is 11.3 Å². The van der Waals surface area contributed by atoms with Gasteiger partial charge in [0.25, 0.3) is 0 Å². The van der Waals surface area contributed by atoms with E-state index in [2.05, 4.69) is 4.72 Å². The second-order valence-electron chi connectivity index (χ2n) is 4.67. The van der Waals surface area contributed by atoms with Crippen molar-refractivity contribution in [2.45, 2.75) is 35.4 Å². The zero-order valence-corrected chi connectivity index (χ0v) is 12.2. The van der Waals surface area contributed by atoms with E-state index < -0.39 is 15.8 Å². The molecule has 7 heteroatoms. The van der Waals surface area contributed by atoms with E-state index in [9.17, 15) is 12.8 Å². The average Bonchev–Trinajstić information content (AvgIpc) is 2.79. The van der Waals surface area contributed by atoms with E-state index in [-0.39, 0.29) is 16.6 Å². The summed E-state index contributed by atoms with van der Waals surface area (Å²) >= 11 is 1.74. The van der Waals surface area contributed by atoms with Crippen molar-refractivity contribution in [2.24, 2.45) is 0 Å². The molecule has 1 aliphatic carbocycles. The molecule has 2 rings (SSSR count). The molecule has 0 aliphatic heterocycles. The first-order valence-electron chi connectivity index (χ1n) is 6.02. The topological polar surface area (TPSA) is 72.2 Å². The lowest BCUT2D eigenvalue weighted by Gasteiger charge is -2.14. The minimum atomic E-state index is -3.75. The van der Waals surface area contributed by atoms with Gasteiger partial charge < -0.3 is 5.73 Å². The summed E-state index contributed by atoms with van der Waals surface area (Å²) in [4.78, 5) is -0.180. The van der Waals surface area contributed by atoms with Gasteiger partial charge >= 0.3 is 0 Å². The quantitative estimate of drug-likeness (QED) is 0.834. The lowest BCUT2D eigenvalue weighted by molar-refractivity contribution is 0.551. The van der Waals surface area contributed by atoms with Crippen molar-refractivity contribution in [1.29, 1.82) is 0 Å². The molecule has 0 aromatic heterocycles. The van der Waals surface area contributed by atoms with Gasteiger partial charge in [0.1, 0.15) is 10.7 Å². The number of rotatable bonds is 4. The minimum Gasteiger partial charge on any atom is -0.398 e. The lowest BCUT2D eigenvalue weighted by Crippen LogP contribution is -2.33. The molecule has 0 bridgehead atoms. The van der Waals surface area contributed by atoms with Gasteiger partial charge in [-0.2, -0.15) is 11.8 Å². The van der Waals surface area contributed by atoms with Crippen LogP contribution in [0.15, 0.2) is 23.1 Å². The van der Waals surface area contributed by atoms with Crippen LogP contribution in [0.1, 0.15) is 19.3 Å². The van der Waals surface area contributed by atoms with Gasteiger partial charge in [-0.15, -0.1) is 0 Å². The number of nitrogen functional groups attached to an aromatic ring is 1. The number of benzene rings is 1. The molecule has 0 spiro atoms. The van der Waals surface area contributed by atoms with E-state index >= 15 is 0 Å². The van der Waals surface area contributed by atoms with Crippen molar-refractivity contribution in [3.63, 3.8) is 0 Å². The average molecular weight is 304 g/mol. The highest BCUT2D eigenvalue weighted by Crippen LogP contribution is 2.29. The molecule has 0 amide bonds. The molecule has 0 radical (unpaired) electrons.